The fraction of sp³-hybridized carbons (Fsp3) is 0.533. The van der Waals surface area contributed by atoms with E-state index in [1.54, 1.807) is 0 Å². The van der Waals surface area contributed by atoms with Gasteiger partial charge in [-0.3, -0.25) is 4.79 Å². The smallest absolute Gasteiger partial charge is 0.314 e. The molecule has 0 aliphatic carbocycles. The topological polar surface area (TPSA) is 55.8 Å². The molecule has 1 N–H and O–H groups in total. The van der Waals surface area contributed by atoms with Gasteiger partial charge < -0.3 is 14.6 Å². The van der Waals surface area contributed by atoms with Crippen LogP contribution in [-0.2, 0) is 14.9 Å². The molecule has 0 bridgehead atoms. The molecule has 4 nitrogen and oxygen atoms in total. The molecular weight excluding hydrogens is 244 g/mol. The highest BCUT2D eigenvalue weighted by Gasteiger charge is 2.46. The van der Waals surface area contributed by atoms with E-state index in [0.717, 1.165) is 24.3 Å². The summed E-state index contributed by atoms with van der Waals surface area (Å²) in [5, 5.41) is 9.80. The van der Waals surface area contributed by atoms with E-state index in [2.05, 4.69) is 0 Å². The summed E-state index contributed by atoms with van der Waals surface area (Å²) in [6, 6.07) is 7.52. The largest absolute Gasteiger partial charge is 0.493 e. The molecule has 0 aromatic heterocycles. The van der Waals surface area contributed by atoms with E-state index in [1.807, 2.05) is 24.3 Å². The van der Waals surface area contributed by atoms with Crippen LogP contribution in [0.2, 0.25) is 0 Å². The number of ether oxygens (including phenoxy) is 2. The van der Waals surface area contributed by atoms with Gasteiger partial charge in [-0.1, -0.05) is 18.2 Å². The quantitative estimate of drug-likeness (QED) is 0.907. The van der Waals surface area contributed by atoms with Crippen molar-refractivity contribution in [1.29, 1.82) is 0 Å². The van der Waals surface area contributed by atoms with Crippen LogP contribution in [0.4, 0.5) is 0 Å². The van der Waals surface area contributed by atoms with Gasteiger partial charge >= 0.3 is 5.97 Å². The van der Waals surface area contributed by atoms with Gasteiger partial charge in [-0.25, -0.2) is 0 Å². The van der Waals surface area contributed by atoms with Crippen LogP contribution in [0, 0.1) is 5.92 Å². The maximum absolute atomic E-state index is 11.9. The van der Waals surface area contributed by atoms with Crippen molar-refractivity contribution in [2.75, 3.05) is 19.8 Å². The Kier molecular flexibility index (Phi) is 3.19. The minimum Gasteiger partial charge on any atom is -0.493 e. The molecule has 1 aromatic rings. The molecule has 2 aliphatic heterocycles. The average Bonchev–Trinajstić information content (AvgIpc) is 2.91. The number of hydrogen-bond donors (Lipinski definition) is 1. The fourth-order valence-corrected chi connectivity index (χ4v) is 3.22. The molecule has 0 saturated carbocycles. The lowest BCUT2D eigenvalue weighted by molar-refractivity contribution is -0.146. The van der Waals surface area contributed by atoms with E-state index in [9.17, 15) is 9.90 Å². The predicted octanol–water partition coefficient (Wildman–Crippen LogP) is 2.22. The second-order valence-corrected chi connectivity index (χ2v) is 5.42. The Bertz CT molecular complexity index is 479. The first kappa shape index (κ1) is 12.5. The van der Waals surface area contributed by atoms with Crippen LogP contribution in [0.3, 0.4) is 0 Å². The summed E-state index contributed by atoms with van der Waals surface area (Å²) in [6.07, 6.45) is 2.14. The van der Waals surface area contributed by atoms with Gasteiger partial charge in [-0.05, 0) is 24.8 Å². The standard InChI is InChI=1S/C15H18O4/c16-14(17)15(9-11-5-7-18-10-11)6-8-19-13-4-2-1-3-12(13)15/h1-4,11H,5-10H2,(H,16,17). The van der Waals surface area contributed by atoms with E-state index >= 15 is 0 Å². The van der Waals surface area contributed by atoms with E-state index < -0.39 is 11.4 Å². The maximum Gasteiger partial charge on any atom is 0.314 e. The number of benzene rings is 1. The maximum atomic E-state index is 11.9. The number of rotatable bonds is 3. The minimum atomic E-state index is -0.812. The summed E-state index contributed by atoms with van der Waals surface area (Å²) in [5.74, 6) is 0.312. The van der Waals surface area contributed by atoms with Crippen molar-refractivity contribution in [2.45, 2.75) is 24.7 Å². The molecule has 1 aromatic carbocycles. The van der Waals surface area contributed by atoms with E-state index in [-0.39, 0.29) is 0 Å². The average molecular weight is 262 g/mol. The molecule has 2 heterocycles. The van der Waals surface area contributed by atoms with E-state index in [0.29, 0.717) is 32.0 Å². The first-order valence-electron chi connectivity index (χ1n) is 6.76. The monoisotopic (exact) mass is 262 g/mol. The van der Waals surface area contributed by atoms with Gasteiger partial charge in [-0.15, -0.1) is 0 Å². The SMILES string of the molecule is O=C(O)C1(CC2CCOC2)CCOc2ccccc21. The van der Waals surface area contributed by atoms with Crippen LogP contribution in [0.1, 0.15) is 24.8 Å². The third-order valence-corrected chi connectivity index (χ3v) is 4.26. The van der Waals surface area contributed by atoms with Gasteiger partial charge in [0.2, 0.25) is 0 Å². The van der Waals surface area contributed by atoms with E-state index in [1.165, 1.54) is 0 Å². The van der Waals surface area contributed by atoms with Crippen LogP contribution in [0.5, 0.6) is 5.75 Å². The molecule has 1 saturated heterocycles. The van der Waals surface area contributed by atoms with Gasteiger partial charge in [0.25, 0.3) is 0 Å². The van der Waals surface area contributed by atoms with Crippen molar-refractivity contribution >= 4 is 5.97 Å². The number of fused-ring (bicyclic) bond motifs is 1. The lowest BCUT2D eigenvalue weighted by Gasteiger charge is -2.36. The third kappa shape index (κ3) is 2.10. The molecule has 2 unspecified atom stereocenters. The Balaban J connectivity index is 1.99. The number of para-hydroxylation sites is 1. The van der Waals surface area contributed by atoms with Crippen LogP contribution in [0.25, 0.3) is 0 Å². The Hall–Kier alpha value is -1.55. The normalized spacial score (nSPS) is 29.6. The lowest BCUT2D eigenvalue weighted by atomic mass is 9.70. The van der Waals surface area contributed by atoms with Crippen LogP contribution in [-0.4, -0.2) is 30.9 Å². The number of carboxylic acids is 1. The Morgan fingerprint density at radius 2 is 2.21 bits per heavy atom. The first-order chi connectivity index (χ1) is 9.22. The summed E-state index contributed by atoms with van der Waals surface area (Å²) < 4.78 is 11.0. The van der Waals surface area contributed by atoms with Gasteiger partial charge in [0, 0.05) is 25.2 Å². The van der Waals surface area contributed by atoms with Crippen molar-refractivity contribution in [2.24, 2.45) is 5.92 Å². The molecule has 0 radical (unpaired) electrons. The first-order valence-corrected chi connectivity index (χ1v) is 6.76. The number of aliphatic carboxylic acids is 1. The van der Waals surface area contributed by atoms with Crippen LogP contribution >= 0.6 is 0 Å². The molecule has 4 heteroatoms. The molecule has 0 spiro atoms. The number of hydrogen-bond acceptors (Lipinski definition) is 3. The zero-order chi connectivity index (χ0) is 13.3. The highest BCUT2D eigenvalue weighted by Crippen LogP contribution is 2.44. The molecule has 19 heavy (non-hydrogen) atoms. The summed E-state index contributed by atoms with van der Waals surface area (Å²) in [7, 11) is 0. The van der Waals surface area contributed by atoms with Crippen molar-refractivity contribution in [3.63, 3.8) is 0 Å². The summed E-state index contributed by atoms with van der Waals surface area (Å²) in [4.78, 5) is 11.9. The van der Waals surface area contributed by atoms with Crippen molar-refractivity contribution in [3.8, 4) is 5.75 Å². The van der Waals surface area contributed by atoms with Gasteiger partial charge in [0.1, 0.15) is 5.75 Å². The molecule has 0 amide bonds. The van der Waals surface area contributed by atoms with E-state index in [4.69, 9.17) is 9.47 Å². The Labute approximate surface area is 112 Å². The van der Waals surface area contributed by atoms with Crippen LogP contribution < -0.4 is 4.74 Å². The molecule has 102 valence electrons. The molecule has 2 atom stereocenters. The Morgan fingerprint density at radius 1 is 1.37 bits per heavy atom. The Morgan fingerprint density at radius 3 is 2.95 bits per heavy atom. The molecule has 1 fully saturated rings. The minimum absolute atomic E-state index is 0.335. The summed E-state index contributed by atoms with van der Waals surface area (Å²) in [5.41, 5.74) is 0.00775. The highest BCUT2D eigenvalue weighted by atomic mass is 16.5. The molecule has 2 aliphatic rings. The molecular formula is C15H18O4. The van der Waals surface area contributed by atoms with Gasteiger partial charge in [0.05, 0.1) is 12.0 Å². The van der Waals surface area contributed by atoms with Crippen molar-refractivity contribution in [1.82, 2.24) is 0 Å². The number of carbonyl (C=O) groups is 1. The highest BCUT2D eigenvalue weighted by molar-refractivity contribution is 5.83. The van der Waals surface area contributed by atoms with Crippen LogP contribution in [0.15, 0.2) is 24.3 Å². The van der Waals surface area contributed by atoms with Gasteiger partial charge in [0.15, 0.2) is 0 Å². The van der Waals surface area contributed by atoms with Crippen molar-refractivity contribution < 1.29 is 19.4 Å². The predicted molar refractivity (Wildman–Crippen MR) is 69.4 cm³/mol. The molecule has 3 rings (SSSR count). The zero-order valence-electron chi connectivity index (χ0n) is 10.8. The summed E-state index contributed by atoms with van der Waals surface area (Å²) in [6.45, 7) is 1.90. The lowest BCUT2D eigenvalue weighted by Crippen LogP contribution is -2.42. The third-order valence-electron chi connectivity index (χ3n) is 4.26. The second kappa shape index (κ2) is 4.85. The number of carboxylic acid groups (broad SMARTS) is 1. The second-order valence-electron chi connectivity index (χ2n) is 5.42. The van der Waals surface area contributed by atoms with Crippen molar-refractivity contribution in [3.05, 3.63) is 29.8 Å². The zero-order valence-corrected chi connectivity index (χ0v) is 10.8. The van der Waals surface area contributed by atoms with Gasteiger partial charge in [-0.2, -0.15) is 0 Å². The fourth-order valence-electron chi connectivity index (χ4n) is 3.22. The summed E-state index contributed by atoms with van der Waals surface area (Å²) >= 11 is 0.